The molecule has 1 fully saturated rings. The number of benzene rings is 1. The summed E-state index contributed by atoms with van der Waals surface area (Å²) in [6.07, 6.45) is 3.84. The Morgan fingerprint density at radius 1 is 1.36 bits per heavy atom. The number of fused-ring (bicyclic) bond motifs is 1. The van der Waals surface area contributed by atoms with Crippen molar-refractivity contribution in [3.05, 3.63) is 40.4 Å². The average Bonchev–Trinajstić information content (AvgIpc) is 2.73. The van der Waals surface area contributed by atoms with E-state index in [9.17, 15) is 4.79 Å². The van der Waals surface area contributed by atoms with Crippen LogP contribution >= 0.6 is 11.8 Å². The lowest BCUT2D eigenvalue weighted by Crippen LogP contribution is -2.31. The highest BCUT2D eigenvalue weighted by Gasteiger charge is 2.19. The third-order valence-electron chi connectivity index (χ3n) is 4.15. The molecular weight excluding hydrogens is 294 g/mol. The monoisotopic (exact) mass is 317 g/mol. The SMILES string of the molecule is CCS[C@@H]1CCCCN(Cc2nc3ccccc3c(=O)[nH]2)C1. The summed E-state index contributed by atoms with van der Waals surface area (Å²) >= 11 is 2.05. The first-order valence-corrected chi connectivity index (χ1v) is 9.13. The van der Waals surface area contributed by atoms with Crippen molar-refractivity contribution >= 4 is 22.7 Å². The van der Waals surface area contributed by atoms with Crippen LogP contribution in [0.3, 0.4) is 0 Å². The summed E-state index contributed by atoms with van der Waals surface area (Å²) in [5.41, 5.74) is 0.755. The van der Waals surface area contributed by atoms with E-state index < -0.39 is 0 Å². The molecule has 22 heavy (non-hydrogen) atoms. The van der Waals surface area contributed by atoms with Crippen LogP contribution in [0, 0.1) is 0 Å². The van der Waals surface area contributed by atoms with Gasteiger partial charge < -0.3 is 4.98 Å². The van der Waals surface area contributed by atoms with Crippen LogP contribution in [-0.2, 0) is 6.54 Å². The van der Waals surface area contributed by atoms with E-state index in [2.05, 4.69) is 33.6 Å². The van der Waals surface area contributed by atoms with Gasteiger partial charge in [-0.05, 0) is 37.3 Å². The first-order valence-electron chi connectivity index (χ1n) is 8.08. The number of aromatic nitrogens is 2. The fourth-order valence-electron chi connectivity index (χ4n) is 3.11. The van der Waals surface area contributed by atoms with Crippen molar-refractivity contribution in [2.24, 2.45) is 0 Å². The molecule has 1 saturated heterocycles. The Morgan fingerprint density at radius 3 is 3.09 bits per heavy atom. The summed E-state index contributed by atoms with van der Waals surface area (Å²) in [6, 6.07) is 7.54. The number of rotatable bonds is 4. The van der Waals surface area contributed by atoms with E-state index in [1.165, 1.54) is 25.0 Å². The van der Waals surface area contributed by atoms with E-state index in [0.717, 1.165) is 31.0 Å². The van der Waals surface area contributed by atoms with Gasteiger partial charge in [0, 0.05) is 11.8 Å². The minimum absolute atomic E-state index is 0.0325. The number of hydrogen-bond donors (Lipinski definition) is 1. The lowest BCUT2D eigenvalue weighted by molar-refractivity contribution is 0.273. The normalized spacial score (nSPS) is 20.1. The maximum Gasteiger partial charge on any atom is 0.258 e. The first-order chi connectivity index (χ1) is 10.8. The van der Waals surface area contributed by atoms with Crippen LogP contribution in [0.25, 0.3) is 10.9 Å². The molecule has 3 rings (SSSR count). The van der Waals surface area contributed by atoms with Crippen molar-refractivity contribution in [1.82, 2.24) is 14.9 Å². The Kier molecular flexibility index (Phi) is 5.16. The Balaban J connectivity index is 1.78. The Labute approximate surface area is 135 Å². The second-order valence-electron chi connectivity index (χ2n) is 5.84. The number of likely N-dealkylation sites (tertiary alicyclic amines) is 1. The maximum atomic E-state index is 12.2. The molecule has 1 aromatic carbocycles. The summed E-state index contributed by atoms with van der Waals surface area (Å²) in [4.78, 5) is 22.2. The molecule has 1 atom stereocenters. The summed E-state index contributed by atoms with van der Waals surface area (Å²) in [5.74, 6) is 1.95. The largest absolute Gasteiger partial charge is 0.309 e. The molecular formula is C17H23N3OS. The van der Waals surface area contributed by atoms with Crippen molar-refractivity contribution in [1.29, 1.82) is 0 Å². The molecule has 5 heteroatoms. The minimum atomic E-state index is -0.0325. The smallest absolute Gasteiger partial charge is 0.258 e. The lowest BCUT2D eigenvalue weighted by Gasteiger charge is -2.23. The van der Waals surface area contributed by atoms with Crippen LogP contribution in [0.5, 0.6) is 0 Å². The van der Waals surface area contributed by atoms with Gasteiger partial charge in [-0.3, -0.25) is 9.69 Å². The lowest BCUT2D eigenvalue weighted by atomic mass is 10.2. The summed E-state index contributed by atoms with van der Waals surface area (Å²) in [6.45, 7) is 5.15. The van der Waals surface area contributed by atoms with E-state index in [4.69, 9.17) is 0 Å². The van der Waals surface area contributed by atoms with Crippen molar-refractivity contribution in [3.8, 4) is 0 Å². The second-order valence-corrected chi connectivity index (χ2v) is 7.42. The molecule has 0 aliphatic carbocycles. The van der Waals surface area contributed by atoms with Gasteiger partial charge in [-0.25, -0.2) is 4.98 Å². The second kappa shape index (κ2) is 7.29. The highest BCUT2D eigenvalue weighted by Crippen LogP contribution is 2.22. The molecule has 0 spiro atoms. The molecule has 0 amide bonds. The van der Waals surface area contributed by atoms with Gasteiger partial charge >= 0.3 is 0 Å². The third kappa shape index (κ3) is 3.70. The average molecular weight is 317 g/mol. The summed E-state index contributed by atoms with van der Waals surface area (Å²) < 4.78 is 0. The quantitative estimate of drug-likeness (QED) is 0.941. The number of hydrogen-bond acceptors (Lipinski definition) is 4. The Hall–Kier alpha value is -1.33. The summed E-state index contributed by atoms with van der Waals surface area (Å²) in [7, 11) is 0. The van der Waals surface area contributed by atoms with Crippen molar-refractivity contribution in [2.45, 2.75) is 38.0 Å². The van der Waals surface area contributed by atoms with Crippen LogP contribution in [0.4, 0.5) is 0 Å². The Morgan fingerprint density at radius 2 is 2.23 bits per heavy atom. The zero-order chi connectivity index (χ0) is 15.4. The summed E-state index contributed by atoms with van der Waals surface area (Å²) in [5, 5.41) is 1.38. The molecule has 1 N–H and O–H groups in total. The van der Waals surface area contributed by atoms with E-state index in [0.29, 0.717) is 10.6 Å². The van der Waals surface area contributed by atoms with Crippen LogP contribution in [0.15, 0.2) is 29.1 Å². The molecule has 1 aliphatic rings. The van der Waals surface area contributed by atoms with Gasteiger partial charge in [0.05, 0.1) is 17.4 Å². The van der Waals surface area contributed by atoms with Gasteiger partial charge in [-0.1, -0.05) is 25.5 Å². The topological polar surface area (TPSA) is 49.0 Å². The van der Waals surface area contributed by atoms with Gasteiger partial charge in [-0.2, -0.15) is 11.8 Å². The van der Waals surface area contributed by atoms with Crippen LogP contribution < -0.4 is 5.56 Å². The van der Waals surface area contributed by atoms with E-state index in [-0.39, 0.29) is 5.56 Å². The number of aromatic amines is 1. The number of H-pyrrole nitrogens is 1. The van der Waals surface area contributed by atoms with Gasteiger partial charge in [0.2, 0.25) is 0 Å². The molecule has 2 heterocycles. The van der Waals surface area contributed by atoms with Gasteiger partial charge in [0.15, 0.2) is 0 Å². The molecule has 1 aliphatic heterocycles. The first kappa shape index (κ1) is 15.6. The molecule has 0 radical (unpaired) electrons. The predicted octanol–water partition coefficient (Wildman–Crippen LogP) is 3.03. The molecule has 0 unspecified atom stereocenters. The molecule has 0 saturated carbocycles. The van der Waals surface area contributed by atoms with Crippen LogP contribution in [-0.4, -0.2) is 39.0 Å². The fraction of sp³-hybridized carbons (Fsp3) is 0.529. The number of nitrogens with one attached hydrogen (secondary N) is 1. The number of para-hydroxylation sites is 1. The van der Waals surface area contributed by atoms with Crippen molar-refractivity contribution in [2.75, 3.05) is 18.8 Å². The number of nitrogens with zero attached hydrogens (tertiary/aromatic N) is 2. The Bertz CT molecular complexity index is 685. The van der Waals surface area contributed by atoms with Crippen LogP contribution in [0.1, 0.15) is 32.0 Å². The van der Waals surface area contributed by atoms with E-state index >= 15 is 0 Å². The van der Waals surface area contributed by atoms with E-state index in [1.54, 1.807) is 0 Å². The fourth-order valence-corrected chi connectivity index (χ4v) is 4.24. The standard InChI is InChI=1S/C17H23N3OS/c1-2-22-13-7-5-6-10-20(11-13)12-16-18-15-9-4-3-8-14(15)17(21)19-16/h3-4,8-9,13H,2,5-7,10-12H2,1H3,(H,18,19,21)/t13-/m1/s1. The zero-order valence-electron chi connectivity index (χ0n) is 13.0. The molecule has 0 bridgehead atoms. The van der Waals surface area contributed by atoms with E-state index in [1.807, 2.05) is 24.3 Å². The van der Waals surface area contributed by atoms with Crippen molar-refractivity contribution < 1.29 is 0 Å². The highest BCUT2D eigenvalue weighted by molar-refractivity contribution is 7.99. The maximum absolute atomic E-state index is 12.2. The highest BCUT2D eigenvalue weighted by atomic mass is 32.2. The zero-order valence-corrected chi connectivity index (χ0v) is 13.9. The third-order valence-corrected chi connectivity index (χ3v) is 5.34. The predicted molar refractivity (Wildman–Crippen MR) is 93.4 cm³/mol. The molecule has 2 aromatic rings. The molecule has 4 nitrogen and oxygen atoms in total. The van der Waals surface area contributed by atoms with Gasteiger partial charge in [0.25, 0.3) is 5.56 Å². The van der Waals surface area contributed by atoms with Crippen molar-refractivity contribution in [3.63, 3.8) is 0 Å². The minimum Gasteiger partial charge on any atom is -0.309 e. The van der Waals surface area contributed by atoms with Gasteiger partial charge in [0.1, 0.15) is 5.82 Å². The molecule has 1 aromatic heterocycles. The molecule has 118 valence electrons. The van der Waals surface area contributed by atoms with Gasteiger partial charge in [-0.15, -0.1) is 0 Å². The van der Waals surface area contributed by atoms with Crippen LogP contribution in [0.2, 0.25) is 0 Å². The number of thioether (sulfide) groups is 1.